The van der Waals surface area contributed by atoms with E-state index in [-0.39, 0.29) is 6.61 Å². The van der Waals surface area contributed by atoms with Gasteiger partial charge in [-0.05, 0) is 11.8 Å². The second-order valence-electron chi connectivity index (χ2n) is 3.10. The highest BCUT2D eigenvalue weighted by Crippen LogP contribution is 2.20. The van der Waals surface area contributed by atoms with Crippen LogP contribution in [0.25, 0.3) is 0 Å². The zero-order valence-corrected chi connectivity index (χ0v) is 7.39. The molecule has 0 saturated heterocycles. The normalized spacial score (nSPS) is 16.8. The monoisotopic (exact) mass is 143 g/mol. The Morgan fingerprint density at radius 2 is 1.90 bits per heavy atom. The first kappa shape index (κ1) is 9.96. The topological polar surface area (TPSA) is 19.9 Å². The smallest absolute Gasteiger partial charge is 0.0850 e. The molecule has 0 aliphatic rings. The summed E-state index contributed by atoms with van der Waals surface area (Å²) in [6.07, 6.45) is 3.60. The Kier molecular flexibility index (Phi) is 5.70. The van der Waals surface area contributed by atoms with Gasteiger partial charge in [-0.2, -0.15) is 0 Å². The highest BCUT2D eigenvalue weighted by Gasteiger charge is 2.13. The second kappa shape index (κ2) is 5.72. The summed E-state index contributed by atoms with van der Waals surface area (Å²) < 4.78 is 0. The number of hydrogen-bond acceptors (Lipinski definition) is 0. The molecule has 1 radical (unpaired) electrons. The average molecular weight is 143 g/mol. The minimum Gasteiger partial charge on any atom is -0.236 e. The first-order valence-electron chi connectivity index (χ1n) is 4.34. The molecule has 0 aromatic heterocycles. The summed E-state index contributed by atoms with van der Waals surface area (Å²) >= 11 is 0. The van der Waals surface area contributed by atoms with Gasteiger partial charge >= 0.3 is 0 Å². The number of hydrogen-bond donors (Lipinski definition) is 0. The van der Waals surface area contributed by atoms with Crippen molar-refractivity contribution in [1.29, 1.82) is 0 Å². The van der Waals surface area contributed by atoms with Crippen LogP contribution >= 0.6 is 0 Å². The van der Waals surface area contributed by atoms with Crippen LogP contribution in [0, 0.1) is 11.8 Å². The van der Waals surface area contributed by atoms with E-state index < -0.39 is 0 Å². The van der Waals surface area contributed by atoms with Gasteiger partial charge in [0, 0.05) is 0 Å². The van der Waals surface area contributed by atoms with Crippen molar-refractivity contribution < 1.29 is 5.11 Å². The molecule has 0 bridgehead atoms. The van der Waals surface area contributed by atoms with E-state index in [9.17, 15) is 5.11 Å². The van der Waals surface area contributed by atoms with Gasteiger partial charge in [0.25, 0.3) is 0 Å². The maximum atomic E-state index is 10.5. The highest BCUT2D eigenvalue weighted by molar-refractivity contribution is 4.62. The van der Waals surface area contributed by atoms with Gasteiger partial charge in [0.2, 0.25) is 0 Å². The third-order valence-corrected chi connectivity index (χ3v) is 2.25. The summed E-state index contributed by atoms with van der Waals surface area (Å²) in [4.78, 5) is 0. The van der Waals surface area contributed by atoms with Crippen LogP contribution in [-0.4, -0.2) is 6.61 Å². The van der Waals surface area contributed by atoms with E-state index in [1.807, 2.05) is 0 Å². The molecule has 10 heavy (non-hydrogen) atoms. The molecule has 0 aromatic carbocycles. The van der Waals surface area contributed by atoms with E-state index >= 15 is 0 Å². The molecule has 0 aliphatic heterocycles. The van der Waals surface area contributed by atoms with Crippen molar-refractivity contribution in [3.05, 3.63) is 0 Å². The van der Waals surface area contributed by atoms with Gasteiger partial charge in [-0.1, -0.05) is 40.0 Å². The maximum absolute atomic E-state index is 10.5. The predicted molar refractivity (Wildman–Crippen MR) is 43.4 cm³/mol. The Hall–Kier alpha value is -0.0400. The van der Waals surface area contributed by atoms with Gasteiger partial charge in [0.1, 0.15) is 0 Å². The Bertz CT molecular complexity index is 71.1. The van der Waals surface area contributed by atoms with Crippen molar-refractivity contribution in [3.63, 3.8) is 0 Å². The van der Waals surface area contributed by atoms with E-state index in [2.05, 4.69) is 20.8 Å². The summed E-state index contributed by atoms with van der Waals surface area (Å²) in [5.74, 6) is 1.05. The molecule has 0 saturated carbocycles. The average Bonchev–Trinajstić information content (AvgIpc) is 1.99. The van der Waals surface area contributed by atoms with E-state index in [1.54, 1.807) is 0 Å². The molecule has 0 amide bonds. The fourth-order valence-corrected chi connectivity index (χ4v) is 1.40. The third-order valence-electron chi connectivity index (χ3n) is 2.25. The van der Waals surface area contributed by atoms with Crippen molar-refractivity contribution in [1.82, 2.24) is 0 Å². The molecule has 2 atom stereocenters. The van der Waals surface area contributed by atoms with Gasteiger partial charge in [0.05, 0.1) is 6.61 Å². The summed E-state index contributed by atoms with van der Waals surface area (Å²) in [6, 6.07) is 0. The summed E-state index contributed by atoms with van der Waals surface area (Å²) in [5, 5.41) is 10.5. The lowest BCUT2D eigenvalue weighted by Gasteiger charge is -2.18. The van der Waals surface area contributed by atoms with Crippen molar-refractivity contribution in [2.45, 2.75) is 40.0 Å². The summed E-state index contributed by atoms with van der Waals surface area (Å²) in [5.41, 5.74) is 0. The Morgan fingerprint density at radius 3 is 2.20 bits per heavy atom. The van der Waals surface area contributed by atoms with Crippen LogP contribution in [0.3, 0.4) is 0 Å². The number of rotatable bonds is 5. The van der Waals surface area contributed by atoms with Gasteiger partial charge in [0.15, 0.2) is 0 Å². The van der Waals surface area contributed by atoms with Gasteiger partial charge < -0.3 is 0 Å². The SMILES string of the molecule is CCCC(CC)C(C)C[O]. The lowest BCUT2D eigenvalue weighted by molar-refractivity contribution is 0.114. The molecule has 1 heteroatoms. The van der Waals surface area contributed by atoms with Crippen LogP contribution in [0.1, 0.15) is 40.0 Å². The van der Waals surface area contributed by atoms with Crippen molar-refractivity contribution >= 4 is 0 Å². The fraction of sp³-hybridized carbons (Fsp3) is 1.00. The highest BCUT2D eigenvalue weighted by atomic mass is 16.3. The van der Waals surface area contributed by atoms with Gasteiger partial charge in [-0.3, -0.25) is 0 Å². The molecule has 2 unspecified atom stereocenters. The summed E-state index contributed by atoms with van der Waals surface area (Å²) in [6.45, 7) is 6.52. The fourth-order valence-electron chi connectivity index (χ4n) is 1.40. The molecule has 0 heterocycles. The molecule has 0 fully saturated rings. The lowest BCUT2D eigenvalue weighted by Crippen LogP contribution is -2.13. The molecule has 1 nitrogen and oxygen atoms in total. The van der Waals surface area contributed by atoms with Crippen molar-refractivity contribution in [2.75, 3.05) is 6.61 Å². The minimum atomic E-state index is 0.0957. The van der Waals surface area contributed by atoms with E-state index in [0.717, 1.165) is 6.42 Å². The third kappa shape index (κ3) is 3.21. The van der Waals surface area contributed by atoms with Crippen LogP contribution in [0.2, 0.25) is 0 Å². The standard InChI is InChI=1S/C9H19O/c1-4-6-9(5-2)8(3)7-10/h8-9H,4-7H2,1-3H3. The van der Waals surface area contributed by atoms with Crippen molar-refractivity contribution in [2.24, 2.45) is 11.8 Å². The molecule has 0 aromatic rings. The van der Waals surface area contributed by atoms with Crippen LogP contribution in [0.5, 0.6) is 0 Å². The van der Waals surface area contributed by atoms with E-state index in [0.29, 0.717) is 11.8 Å². The zero-order valence-electron chi connectivity index (χ0n) is 7.39. The first-order chi connectivity index (χ1) is 4.76. The molecule has 0 rings (SSSR count). The molecular weight excluding hydrogens is 124 g/mol. The molecule has 0 spiro atoms. The Labute approximate surface area is 64.5 Å². The van der Waals surface area contributed by atoms with E-state index in [1.165, 1.54) is 12.8 Å². The van der Waals surface area contributed by atoms with E-state index in [4.69, 9.17) is 0 Å². The molecule has 61 valence electrons. The van der Waals surface area contributed by atoms with Crippen LogP contribution in [0.4, 0.5) is 0 Å². The largest absolute Gasteiger partial charge is 0.236 e. The summed E-state index contributed by atoms with van der Waals surface area (Å²) in [7, 11) is 0. The first-order valence-corrected chi connectivity index (χ1v) is 4.34. The molecule has 0 N–H and O–H groups in total. The van der Waals surface area contributed by atoms with Crippen LogP contribution in [0.15, 0.2) is 0 Å². The van der Waals surface area contributed by atoms with Gasteiger partial charge in [-0.15, -0.1) is 0 Å². The van der Waals surface area contributed by atoms with Crippen LogP contribution in [-0.2, 0) is 5.11 Å². The molecular formula is C9H19O. The quantitative estimate of drug-likeness (QED) is 0.564. The predicted octanol–water partition coefficient (Wildman–Crippen LogP) is 2.88. The maximum Gasteiger partial charge on any atom is 0.0850 e. The van der Waals surface area contributed by atoms with Crippen molar-refractivity contribution in [3.8, 4) is 0 Å². The Balaban J connectivity index is 3.56. The van der Waals surface area contributed by atoms with Crippen LogP contribution < -0.4 is 0 Å². The van der Waals surface area contributed by atoms with Gasteiger partial charge in [-0.25, -0.2) is 5.11 Å². The molecule has 0 aliphatic carbocycles. The second-order valence-corrected chi connectivity index (χ2v) is 3.10. The Morgan fingerprint density at radius 1 is 1.30 bits per heavy atom. The lowest BCUT2D eigenvalue weighted by atomic mass is 9.88. The zero-order chi connectivity index (χ0) is 7.98. The minimum absolute atomic E-state index is 0.0957.